The Morgan fingerprint density at radius 2 is 2.08 bits per heavy atom. The monoisotopic (exact) mass is 186 g/mol. The van der Waals surface area contributed by atoms with Crippen molar-refractivity contribution in [1.29, 1.82) is 0 Å². The highest BCUT2D eigenvalue weighted by Crippen LogP contribution is 2.20. The van der Waals surface area contributed by atoms with E-state index in [0.717, 1.165) is 19.3 Å². The highest BCUT2D eigenvalue weighted by Gasteiger charge is 2.28. The topological polar surface area (TPSA) is 58.3 Å². The Bertz CT molecular complexity index is 144. The fourth-order valence-corrected chi connectivity index (χ4v) is 1.85. The molecule has 1 aliphatic rings. The minimum atomic E-state index is 0.272. The van der Waals surface area contributed by atoms with Gasteiger partial charge in [-0.05, 0) is 25.2 Å². The lowest BCUT2D eigenvalue weighted by molar-refractivity contribution is 0.200. The third-order valence-corrected chi connectivity index (χ3v) is 2.87. The second kappa shape index (κ2) is 4.94. The molecule has 0 aliphatic heterocycles. The lowest BCUT2D eigenvalue weighted by Gasteiger charge is -2.37. The molecule has 1 unspecified atom stereocenters. The smallest absolute Gasteiger partial charge is 0.0445 e. The van der Waals surface area contributed by atoms with Crippen LogP contribution in [0.2, 0.25) is 0 Å². The summed E-state index contributed by atoms with van der Waals surface area (Å²) in [7, 11) is 0. The van der Waals surface area contributed by atoms with Crippen LogP contribution in [0.4, 0.5) is 0 Å². The van der Waals surface area contributed by atoms with E-state index in [1.54, 1.807) is 0 Å². The van der Waals surface area contributed by atoms with Gasteiger partial charge in [-0.3, -0.25) is 0 Å². The first-order chi connectivity index (χ1) is 6.13. The molecule has 1 rings (SSSR count). The van der Waals surface area contributed by atoms with E-state index in [1.165, 1.54) is 0 Å². The van der Waals surface area contributed by atoms with Crippen molar-refractivity contribution in [3.05, 3.63) is 0 Å². The largest absolute Gasteiger partial charge is 0.396 e. The molecule has 1 aliphatic carbocycles. The van der Waals surface area contributed by atoms with E-state index < -0.39 is 0 Å². The van der Waals surface area contributed by atoms with Gasteiger partial charge in [0, 0.05) is 24.7 Å². The Labute approximate surface area is 80.7 Å². The minimum absolute atomic E-state index is 0.272. The number of nitrogens with two attached hydrogens (primary N) is 1. The highest BCUT2D eigenvalue weighted by atomic mass is 16.3. The van der Waals surface area contributed by atoms with E-state index in [2.05, 4.69) is 19.2 Å². The maximum atomic E-state index is 8.88. The molecule has 0 aromatic rings. The van der Waals surface area contributed by atoms with Gasteiger partial charge in [-0.1, -0.05) is 13.8 Å². The van der Waals surface area contributed by atoms with Gasteiger partial charge in [0.2, 0.25) is 0 Å². The Balaban J connectivity index is 2.22. The molecule has 0 radical (unpaired) electrons. The number of aliphatic hydroxyl groups is 1. The summed E-state index contributed by atoms with van der Waals surface area (Å²) in [6.45, 7) is 4.65. The summed E-state index contributed by atoms with van der Waals surface area (Å²) in [6, 6.07) is 1.44. The summed E-state index contributed by atoms with van der Waals surface area (Å²) in [5, 5.41) is 12.4. The van der Waals surface area contributed by atoms with Crippen LogP contribution < -0.4 is 11.1 Å². The zero-order chi connectivity index (χ0) is 9.84. The van der Waals surface area contributed by atoms with Crippen LogP contribution in [0.25, 0.3) is 0 Å². The van der Waals surface area contributed by atoms with Crippen LogP contribution in [0.3, 0.4) is 0 Å². The normalized spacial score (nSPS) is 30.2. The molecule has 3 nitrogen and oxygen atoms in total. The van der Waals surface area contributed by atoms with Gasteiger partial charge in [0.05, 0.1) is 0 Å². The molecule has 0 bridgehead atoms. The lowest BCUT2D eigenvalue weighted by atomic mass is 9.86. The standard InChI is InChI=1S/C10H22N2O/c1-7(2)10(3-4-13)12-9-5-8(11)6-9/h7-10,12-13H,3-6,11H2,1-2H3. The Morgan fingerprint density at radius 1 is 1.46 bits per heavy atom. The van der Waals surface area contributed by atoms with Crippen LogP contribution in [0, 0.1) is 5.92 Å². The van der Waals surface area contributed by atoms with Crippen molar-refractivity contribution in [1.82, 2.24) is 5.32 Å². The summed E-state index contributed by atoms with van der Waals surface area (Å²) in [6.07, 6.45) is 3.03. The Kier molecular flexibility index (Phi) is 4.16. The van der Waals surface area contributed by atoms with Crippen molar-refractivity contribution in [3.63, 3.8) is 0 Å². The zero-order valence-corrected chi connectivity index (χ0v) is 8.66. The van der Waals surface area contributed by atoms with Crippen LogP contribution in [0.1, 0.15) is 33.1 Å². The molecule has 0 aromatic heterocycles. The van der Waals surface area contributed by atoms with Crippen molar-refractivity contribution in [2.75, 3.05) is 6.61 Å². The van der Waals surface area contributed by atoms with Gasteiger partial charge in [-0.2, -0.15) is 0 Å². The minimum Gasteiger partial charge on any atom is -0.396 e. The number of hydrogen-bond donors (Lipinski definition) is 3. The van der Waals surface area contributed by atoms with Crippen LogP contribution in [0.5, 0.6) is 0 Å². The summed E-state index contributed by atoms with van der Waals surface area (Å²) < 4.78 is 0. The van der Waals surface area contributed by atoms with E-state index in [0.29, 0.717) is 24.0 Å². The molecule has 78 valence electrons. The first-order valence-electron chi connectivity index (χ1n) is 5.26. The van der Waals surface area contributed by atoms with Gasteiger partial charge in [-0.25, -0.2) is 0 Å². The van der Waals surface area contributed by atoms with Crippen LogP contribution >= 0.6 is 0 Å². The van der Waals surface area contributed by atoms with Crippen LogP contribution in [-0.4, -0.2) is 29.8 Å². The number of rotatable bonds is 5. The predicted octanol–water partition coefficient (Wildman–Crippen LogP) is 0.473. The van der Waals surface area contributed by atoms with Gasteiger partial charge in [0.15, 0.2) is 0 Å². The van der Waals surface area contributed by atoms with Gasteiger partial charge >= 0.3 is 0 Å². The SMILES string of the molecule is CC(C)C(CCO)NC1CC(N)C1. The third kappa shape index (κ3) is 3.25. The summed E-state index contributed by atoms with van der Waals surface area (Å²) in [5.41, 5.74) is 5.71. The second-order valence-corrected chi connectivity index (χ2v) is 4.46. The van der Waals surface area contributed by atoms with Gasteiger partial charge < -0.3 is 16.2 Å². The number of nitrogens with one attached hydrogen (secondary N) is 1. The van der Waals surface area contributed by atoms with Gasteiger partial charge in [0.25, 0.3) is 0 Å². The maximum absolute atomic E-state index is 8.88. The quantitative estimate of drug-likeness (QED) is 0.585. The summed E-state index contributed by atoms with van der Waals surface area (Å²) in [4.78, 5) is 0. The molecule has 13 heavy (non-hydrogen) atoms. The highest BCUT2D eigenvalue weighted by molar-refractivity contribution is 4.90. The van der Waals surface area contributed by atoms with E-state index in [4.69, 9.17) is 10.8 Å². The fraction of sp³-hybridized carbons (Fsp3) is 1.00. The van der Waals surface area contributed by atoms with Crippen LogP contribution in [-0.2, 0) is 0 Å². The average Bonchev–Trinajstić information content (AvgIpc) is 2.00. The molecule has 1 saturated carbocycles. The van der Waals surface area contributed by atoms with Gasteiger partial charge in [-0.15, -0.1) is 0 Å². The molecule has 0 aromatic carbocycles. The molecule has 1 fully saturated rings. The van der Waals surface area contributed by atoms with E-state index >= 15 is 0 Å². The van der Waals surface area contributed by atoms with Crippen molar-refractivity contribution in [2.24, 2.45) is 11.7 Å². The molecular formula is C10H22N2O. The summed E-state index contributed by atoms with van der Waals surface area (Å²) in [5.74, 6) is 0.587. The molecule has 0 heterocycles. The molecule has 1 atom stereocenters. The van der Waals surface area contributed by atoms with Crippen molar-refractivity contribution < 1.29 is 5.11 Å². The van der Waals surface area contributed by atoms with Gasteiger partial charge in [0.1, 0.15) is 0 Å². The molecule has 0 amide bonds. The molecule has 0 spiro atoms. The second-order valence-electron chi connectivity index (χ2n) is 4.46. The predicted molar refractivity (Wildman–Crippen MR) is 54.5 cm³/mol. The molecule has 3 heteroatoms. The van der Waals surface area contributed by atoms with Crippen molar-refractivity contribution in [2.45, 2.75) is 51.2 Å². The first-order valence-corrected chi connectivity index (χ1v) is 5.26. The third-order valence-electron chi connectivity index (χ3n) is 2.87. The lowest BCUT2D eigenvalue weighted by Crippen LogP contribution is -2.53. The zero-order valence-electron chi connectivity index (χ0n) is 8.66. The summed E-state index contributed by atoms with van der Waals surface area (Å²) >= 11 is 0. The van der Waals surface area contributed by atoms with E-state index in [1.807, 2.05) is 0 Å². The average molecular weight is 186 g/mol. The molecular weight excluding hydrogens is 164 g/mol. The Morgan fingerprint density at radius 3 is 2.46 bits per heavy atom. The van der Waals surface area contributed by atoms with Crippen molar-refractivity contribution >= 4 is 0 Å². The molecule has 0 saturated heterocycles. The maximum Gasteiger partial charge on any atom is 0.0445 e. The molecule has 4 N–H and O–H groups in total. The Hall–Kier alpha value is -0.120. The van der Waals surface area contributed by atoms with Crippen molar-refractivity contribution in [3.8, 4) is 0 Å². The first kappa shape index (κ1) is 11.0. The van der Waals surface area contributed by atoms with E-state index in [9.17, 15) is 0 Å². The fourth-order valence-electron chi connectivity index (χ4n) is 1.85. The van der Waals surface area contributed by atoms with E-state index in [-0.39, 0.29) is 6.61 Å². The van der Waals surface area contributed by atoms with Crippen LogP contribution in [0.15, 0.2) is 0 Å². The number of aliphatic hydroxyl groups excluding tert-OH is 1. The number of hydrogen-bond acceptors (Lipinski definition) is 3.